The Bertz CT molecular complexity index is 1070. The molecule has 0 atom stereocenters. The zero-order valence-corrected chi connectivity index (χ0v) is 18.2. The molecule has 0 spiro atoms. The Morgan fingerprint density at radius 2 is 2.03 bits per heavy atom. The van der Waals surface area contributed by atoms with Gasteiger partial charge in [0.05, 0.1) is 25.0 Å². The highest BCUT2D eigenvalue weighted by atomic mass is 32.1. The summed E-state index contributed by atoms with van der Waals surface area (Å²) in [7, 11) is 0. The Morgan fingerprint density at radius 1 is 1.30 bits per heavy atom. The lowest BCUT2D eigenvalue weighted by Gasteiger charge is -2.25. The SMILES string of the molecule is CCOC(=O)c1c(NC(=O)Cn2cnc(C)c(C)c2=O)sc2c1CCN(C(C)=O)C2. The molecule has 0 radical (unpaired) electrons. The Morgan fingerprint density at radius 3 is 2.70 bits per heavy atom. The fourth-order valence-corrected chi connectivity index (χ4v) is 4.56. The molecule has 10 heteroatoms. The smallest absolute Gasteiger partial charge is 0.341 e. The summed E-state index contributed by atoms with van der Waals surface area (Å²) in [6.45, 7) is 7.48. The Labute approximate surface area is 177 Å². The van der Waals surface area contributed by atoms with E-state index in [0.717, 1.165) is 10.4 Å². The Hall–Kier alpha value is -3.01. The number of aromatic nitrogens is 2. The van der Waals surface area contributed by atoms with Gasteiger partial charge in [-0.2, -0.15) is 0 Å². The Kier molecular flexibility index (Phi) is 6.35. The molecule has 0 bridgehead atoms. The molecule has 0 fully saturated rings. The van der Waals surface area contributed by atoms with Crippen molar-refractivity contribution in [2.45, 2.75) is 47.2 Å². The number of rotatable bonds is 5. The number of anilines is 1. The summed E-state index contributed by atoms with van der Waals surface area (Å²) >= 11 is 1.26. The zero-order chi connectivity index (χ0) is 22.0. The second-order valence-electron chi connectivity index (χ2n) is 7.06. The lowest BCUT2D eigenvalue weighted by atomic mass is 10.0. The number of esters is 1. The molecule has 3 rings (SSSR count). The third-order valence-corrected chi connectivity index (χ3v) is 6.20. The molecule has 30 heavy (non-hydrogen) atoms. The van der Waals surface area contributed by atoms with Crippen molar-refractivity contribution in [1.29, 1.82) is 0 Å². The fourth-order valence-electron chi connectivity index (χ4n) is 3.29. The summed E-state index contributed by atoms with van der Waals surface area (Å²) in [6.07, 6.45) is 1.84. The van der Waals surface area contributed by atoms with Crippen molar-refractivity contribution in [3.63, 3.8) is 0 Å². The standard InChI is InChI=1S/C20H24N4O5S/c1-5-29-20(28)17-14-6-7-23(13(4)25)8-15(14)30-18(17)22-16(26)9-24-10-21-12(3)11(2)19(24)27/h10H,5-9H2,1-4H3,(H,22,26). The van der Waals surface area contributed by atoms with Crippen LogP contribution in [0.4, 0.5) is 5.00 Å². The van der Waals surface area contributed by atoms with Crippen molar-refractivity contribution in [2.75, 3.05) is 18.5 Å². The first-order valence-electron chi connectivity index (χ1n) is 9.62. The molecule has 0 aromatic carbocycles. The van der Waals surface area contributed by atoms with Crippen LogP contribution >= 0.6 is 11.3 Å². The number of hydrogen-bond acceptors (Lipinski definition) is 7. The van der Waals surface area contributed by atoms with E-state index in [1.165, 1.54) is 29.2 Å². The topological polar surface area (TPSA) is 111 Å². The first kappa shape index (κ1) is 21.7. The molecule has 1 N–H and O–H groups in total. The molecule has 1 aliphatic rings. The van der Waals surface area contributed by atoms with Crippen molar-refractivity contribution >= 4 is 34.1 Å². The van der Waals surface area contributed by atoms with Gasteiger partial charge in [0.15, 0.2) is 0 Å². The number of carbonyl (C=O) groups excluding carboxylic acids is 3. The summed E-state index contributed by atoms with van der Waals surface area (Å²) in [5, 5.41) is 3.12. The number of thiophene rings is 1. The average molecular weight is 433 g/mol. The van der Waals surface area contributed by atoms with Gasteiger partial charge in [0, 0.05) is 29.6 Å². The third kappa shape index (κ3) is 4.28. The number of hydrogen-bond donors (Lipinski definition) is 1. The van der Waals surface area contributed by atoms with Gasteiger partial charge in [-0.1, -0.05) is 0 Å². The second-order valence-corrected chi connectivity index (χ2v) is 8.16. The predicted molar refractivity (Wildman–Crippen MR) is 112 cm³/mol. The molecule has 160 valence electrons. The number of amides is 2. The van der Waals surface area contributed by atoms with Crippen LogP contribution in [-0.2, 0) is 33.8 Å². The summed E-state index contributed by atoms with van der Waals surface area (Å²) < 4.78 is 6.41. The summed E-state index contributed by atoms with van der Waals surface area (Å²) in [5.74, 6) is -1.000. The highest BCUT2D eigenvalue weighted by molar-refractivity contribution is 7.17. The molecule has 2 aromatic heterocycles. The van der Waals surface area contributed by atoms with Crippen LogP contribution in [0.5, 0.6) is 0 Å². The Balaban J connectivity index is 1.89. The molecule has 2 amide bonds. The van der Waals surface area contributed by atoms with Gasteiger partial charge in [-0.05, 0) is 32.8 Å². The molecular weight excluding hydrogens is 408 g/mol. The molecule has 0 aliphatic carbocycles. The lowest BCUT2D eigenvalue weighted by molar-refractivity contribution is -0.129. The van der Waals surface area contributed by atoms with Gasteiger partial charge < -0.3 is 15.0 Å². The van der Waals surface area contributed by atoms with E-state index >= 15 is 0 Å². The van der Waals surface area contributed by atoms with Crippen molar-refractivity contribution in [3.05, 3.63) is 43.9 Å². The largest absolute Gasteiger partial charge is 0.462 e. The number of nitrogens with zero attached hydrogens (tertiary/aromatic N) is 3. The maximum absolute atomic E-state index is 12.6. The number of carbonyl (C=O) groups is 3. The van der Waals surface area contributed by atoms with Gasteiger partial charge in [0.2, 0.25) is 11.8 Å². The highest BCUT2D eigenvalue weighted by Gasteiger charge is 2.30. The van der Waals surface area contributed by atoms with Crippen LogP contribution in [0.2, 0.25) is 0 Å². The highest BCUT2D eigenvalue weighted by Crippen LogP contribution is 2.37. The van der Waals surface area contributed by atoms with E-state index in [0.29, 0.717) is 41.3 Å². The summed E-state index contributed by atoms with van der Waals surface area (Å²) in [4.78, 5) is 55.9. The van der Waals surface area contributed by atoms with E-state index in [9.17, 15) is 19.2 Å². The minimum Gasteiger partial charge on any atom is -0.462 e. The van der Waals surface area contributed by atoms with Gasteiger partial charge in [-0.3, -0.25) is 19.0 Å². The minimum absolute atomic E-state index is 0.0427. The number of aryl methyl sites for hydroxylation is 1. The number of ether oxygens (including phenoxy) is 1. The fraction of sp³-hybridized carbons (Fsp3) is 0.450. The van der Waals surface area contributed by atoms with Crippen LogP contribution in [0.25, 0.3) is 0 Å². The van der Waals surface area contributed by atoms with Crippen LogP contribution in [0.15, 0.2) is 11.1 Å². The molecule has 0 saturated heterocycles. The van der Waals surface area contributed by atoms with Crippen LogP contribution < -0.4 is 10.9 Å². The van der Waals surface area contributed by atoms with Crippen LogP contribution in [0, 0.1) is 13.8 Å². The van der Waals surface area contributed by atoms with E-state index < -0.39 is 11.9 Å². The van der Waals surface area contributed by atoms with Crippen LogP contribution in [-0.4, -0.2) is 45.4 Å². The first-order valence-corrected chi connectivity index (χ1v) is 10.4. The molecule has 3 heterocycles. The first-order chi connectivity index (χ1) is 14.2. The monoisotopic (exact) mass is 432 g/mol. The molecule has 9 nitrogen and oxygen atoms in total. The van der Waals surface area contributed by atoms with E-state index in [4.69, 9.17) is 4.74 Å². The van der Waals surface area contributed by atoms with E-state index in [2.05, 4.69) is 10.3 Å². The normalized spacial score (nSPS) is 13.0. The van der Waals surface area contributed by atoms with Gasteiger partial charge >= 0.3 is 5.97 Å². The zero-order valence-electron chi connectivity index (χ0n) is 17.4. The van der Waals surface area contributed by atoms with Crippen molar-refractivity contribution in [1.82, 2.24) is 14.5 Å². The van der Waals surface area contributed by atoms with Gasteiger partial charge in [-0.25, -0.2) is 9.78 Å². The minimum atomic E-state index is -0.508. The van der Waals surface area contributed by atoms with E-state index in [-0.39, 0.29) is 24.6 Å². The van der Waals surface area contributed by atoms with Gasteiger partial charge in [0.25, 0.3) is 5.56 Å². The predicted octanol–water partition coefficient (Wildman–Crippen LogP) is 1.64. The summed E-state index contributed by atoms with van der Waals surface area (Å²) in [5.41, 5.74) is 1.94. The summed E-state index contributed by atoms with van der Waals surface area (Å²) in [6, 6.07) is 0. The lowest BCUT2D eigenvalue weighted by Crippen LogP contribution is -2.34. The van der Waals surface area contributed by atoms with E-state index in [1.54, 1.807) is 25.7 Å². The quantitative estimate of drug-likeness (QED) is 0.719. The average Bonchev–Trinajstić information content (AvgIpc) is 3.05. The number of fused-ring (bicyclic) bond motifs is 1. The van der Waals surface area contributed by atoms with Crippen molar-refractivity contribution < 1.29 is 19.1 Å². The molecule has 2 aromatic rings. The van der Waals surface area contributed by atoms with Crippen LogP contribution in [0.1, 0.15) is 45.9 Å². The number of nitrogens with one attached hydrogen (secondary N) is 1. The maximum atomic E-state index is 12.6. The molecule has 1 aliphatic heterocycles. The molecular formula is C20H24N4O5S. The van der Waals surface area contributed by atoms with Crippen molar-refractivity contribution in [3.8, 4) is 0 Å². The maximum Gasteiger partial charge on any atom is 0.341 e. The van der Waals surface area contributed by atoms with Gasteiger partial charge in [-0.15, -0.1) is 11.3 Å². The molecule has 0 saturated carbocycles. The van der Waals surface area contributed by atoms with Crippen LogP contribution in [0.3, 0.4) is 0 Å². The molecule has 0 unspecified atom stereocenters. The van der Waals surface area contributed by atoms with Gasteiger partial charge in [0.1, 0.15) is 11.5 Å². The van der Waals surface area contributed by atoms with Crippen molar-refractivity contribution in [2.24, 2.45) is 0 Å². The third-order valence-electron chi connectivity index (χ3n) is 5.06. The van der Waals surface area contributed by atoms with E-state index in [1.807, 2.05) is 0 Å². The second kappa shape index (κ2) is 8.78.